The maximum Gasteiger partial charge on any atom is 0.0634 e. The van der Waals surface area contributed by atoms with Crippen LogP contribution in [0.15, 0.2) is 46.4 Å². The van der Waals surface area contributed by atoms with E-state index in [4.69, 9.17) is 9.98 Å². The van der Waals surface area contributed by atoms with Crippen LogP contribution in [0.2, 0.25) is 0 Å². The highest BCUT2D eigenvalue weighted by atomic mass is 14.8. The molecule has 0 fully saturated rings. The van der Waals surface area contributed by atoms with E-state index < -0.39 is 0 Å². The molecule has 0 spiro atoms. The lowest BCUT2D eigenvalue weighted by molar-refractivity contribution is 1.32. The summed E-state index contributed by atoms with van der Waals surface area (Å²) >= 11 is 0. The van der Waals surface area contributed by atoms with E-state index >= 15 is 0 Å². The van der Waals surface area contributed by atoms with E-state index in [0.29, 0.717) is 0 Å². The summed E-state index contributed by atoms with van der Waals surface area (Å²) < 4.78 is 0. The van der Waals surface area contributed by atoms with Gasteiger partial charge in [0.05, 0.1) is 11.4 Å². The van der Waals surface area contributed by atoms with Crippen molar-refractivity contribution in [1.82, 2.24) is 0 Å². The van der Waals surface area contributed by atoms with Gasteiger partial charge in [-0.05, 0) is 88.1 Å². The fourth-order valence-corrected chi connectivity index (χ4v) is 2.92. The van der Waals surface area contributed by atoms with Crippen LogP contribution in [0.1, 0.15) is 42.5 Å². The van der Waals surface area contributed by atoms with Crippen LogP contribution in [0, 0.1) is 27.7 Å². The van der Waals surface area contributed by atoms with Crippen LogP contribution >= 0.6 is 0 Å². The molecule has 0 saturated heterocycles. The van der Waals surface area contributed by atoms with E-state index in [-0.39, 0.29) is 0 Å². The summed E-state index contributed by atoms with van der Waals surface area (Å²) in [7, 11) is 0. The van der Waals surface area contributed by atoms with Crippen LogP contribution in [0.5, 0.6) is 0 Å². The SMILES string of the molecule is CC(CC(C)=Nc1cc(C)cc(C)c1)=Nc1cc(C)cc(C)c1. The summed E-state index contributed by atoms with van der Waals surface area (Å²) in [4.78, 5) is 9.47. The Hall–Kier alpha value is -2.22. The number of aryl methyl sites for hydroxylation is 4. The lowest BCUT2D eigenvalue weighted by Gasteiger charge is -2.05. The van der Waals surface area contributed by atoms with Gasteiger partial charge in [-0.3, -0.25) is 9.98 Å². The van der Waals surface area contributed by atoms with Crippen molar-refractivity contribution in [2.75, 3.05) is 0 Å². The fraction of sp³-hybridized carbons (Fsp3) is 0.333. The third-order valence-corrected chi connectivity index (χ3v) is 3.56. The van der Waals surface area contributed by atoms with Crippen molar-refractivity contribution in [3.05, 3.63) is 58.7 Å². The number of hydrogen-bond acceptors (Lipinski definition) is 2. The molecule has 2 aromatic carbocycles. The molecule has 120 valence electrons. The molecular formula is C21H26N2. The second kappa shape index (κ2) is 7.36. The number of nitrogens with zero attached hydrogens (tertiary/aromatic N) is 2. The number of aliphatic imine (C=N–C) groups is 2. The van der Waals surface area contributed by atoms with Gasteiger partial charge in [-0.15, -0.1) is 0 Å². The highest BCUT2D eigenvalue weighted by Gasteiger charge is 2.00. The highest BCUT2D eigenvalue weighted by Crippen LogP contribution is 2.19. The van der Waals surface area contributed by atoms with E-state index in [0.717, 1.165) is 29.2 Å². The molecule has 2 aromatic rings. The largest absolute Gasteiger partial charge is 0.258 e. The van der Waals surface area contributed by atoms with E-state index in [1.165, 1.54) is 22.3 Å². The van der Waals surface area contributed by atoms with Crippen LogP contribution < -0.4 is 0 Å². The molecule has 2 rings (SSSR count). The Labute approximate surface area is 140 Å². The first kappa shape index (κ1) is 17.1. The van der Waals surface area contributed by atoms with Gasteiger partial charge >= 0.3 is 0 Å². The Morgan fingerprint density at radius 1 is 0.609 bits per heavy atom. The lowest BCUT2D eigenvalue weighted by Crippen LogP contribution is -2.00. The Morgan fingerprint density at radius 3 is 1.22 bits per heavy atom. The predicted octanol–water partition coefficient (Wildman–Crippen LogP) is 6.20. The first-order chi connectivity index (χ1) is 10.8. The second-order valence-corrected chi connectivity index (χ2v) is 6.56. The third-order valence-electron chi connectivity index (χ3n) is 3.56. The van der Waals surface area contributed by atoms with Gasteiger partial charge in [-0.2, -0.15) is 0 Å². The molecule has 2 heteroatoms. The van der Waals surface area contributed by atoms with E-state index in [9.17, 15) is 0 Å². The van der Waals surface area contributed by atoms with Gasteiger partial charge in [0, 0.05) is 17.8 Å². The molecule has 0 unspecified atom stereocenters. The molecule has 0 atom stereocenters. The molecule has 0 aliphatic carbocycles. The van der Waals surface area contributed by atoms with Crippen molar-refractivity contribution in [2.24, 2.45) is 9.98 Å². The molecule has 2 nitrogen and oxygen atoms in total. The molecule has 0 aliphatic rings. The van der Waals surface area contributed by atoms with Crippen LogP contribution in [-0.4, -0.2) is 11.4 Å². The standard InChI is InChI=1S/C21H26N2/c1-14-7-15(2)10-20(9-14)22-18(5)13-19(6)23-21-11-16(3)8-17(4)12-21/h7-12H,13H2,1-6H3. The first-order valence-electron chi connectivity index (χ1n) is 8.07. The molecule has 0 aromatic heterocycles. The average Bonchev–Trinajstić information content (AvgIpc) is 2.34. The maximum atomic E-state index is 4.73. The lowest BCUT2D eigenvalue weighted by atomic mass is 10.1. The summed E-state index contributed by atoms with van der Waals surface area (Å²) in [6, 6.07) is 12.8. The second-order valence-electron chi connectivity index (χ2n) is 6.56. The fourth-order valence-electron chi connectivity index (χ4n) is 2.92. The molecule has 0 radical (unpaired) electrons. The van der Waals surface area contributed by atoms with Gasteiger partial charge in [0.25, 0.3) is 0 Å². The van der Waals surface area contributed by atoms with Gasteiger partial charge in [0.1, 0.15) is 0 Å². The van der Waals surface area contributed by atoms with Gasteiger partial charge in [0.15, 0.2) is 0 Å². The average molecular weight is 306 g/mol. The summed E-state index contributed by atoms with van der Waals surface area (Å²) in [6.45, 7) is 12.6. The molecule has 0 bridgehead atoms. The van der Waals surface area contributed by atoms with E-state index in [2.05, 4.69) is 77.9 Å². The number of hydrogen-bond donors (Lipinski definition) is 0. The van der Waals surface area contributed by atoms with Gasteiger partial charge in [-0.25, -0.2) is 0 Å². The summed E-state index contributed by atoms with van der Waals surface area (Å²) in [6.07, 6.45) is 0.792. The number of rotatable bonds is 4. The zero-order chi connectivity index (χ0) is 17.0. The van der Waals surface area contributed by atoms with Crippen molar-refractivity contribution < 1.29 is 0 Å². The minimum absolute atomic E-state index is 0.792. The Bertz CT molecular complexity index is 661. The number of benzene rings is 2. The monoisotopic (exact) mass is 306 g/mol. The smallest absolute Gasteiger partial charge is 0.0634 e. The molecule has 0 amide bonds. The summed E-state index contributed by atoms with van der Waals surface area (Å²) in [5.74, 6) is 0. The maximum absolute atomic E-state index is 4.73. The normalized spacial score (nSPS) is 12.6. The van der Waals surface area contributed by atoms with Crippen molar-refractivity contribution in [1.29, 1.82) is 0 Å². The Kier molecular flexibility index (Phi) is 5.49. The van der Waals surface area contributed by atoms with Crippen LogP contribution in [0.3, 0.4) is 0 Å². The minimum atomic E-state index is 0.792. The van der Waals surface area contributed by atoms with Crippen molar-refractivity contribution >= 4 is 22.8 Å². The third kappa shape index (κ3) is 5.48. The quantitative estimate of drug-likeness (QED) is 0.601. The molecule has 0 aliphatic heterocycles. The van der Waals surface area contributed by atoms with Crippen LogP contribution in [-0.2, 0) is 0 Å². The zero-order valence-electron chi connectivity index (χ0n) is 15.1. The zero-order valence-corrected chi connectivity index (χ0v) is 15.1. The van der Waals surface area contributed by atoms with Gasteiger partial charge in [-0.1, -0.05) is 12.1 Å². The van der Waals surface area contributed by atoms with Crippen molar-refractivity contribution in [3.63, 3.8) is 0 Å². The Morgan fingerprint density at radius 2 is 0.913 bits per heavy atom. The van der Waals surface area contributed by atoms with E-state index in [1.807, 2.05) is 0 Å². The van der Waals surface area contributed by atoms with Crippen LogP contribution in [0.4, 0.5) is 11.4 Å². The topological polar surface area (TPSA) is 24.7 Å². The van der Waals surface area contributed by atoms with Crippen molar-refractivity contribution in [2.45, 2.75) is 48.0 Å². The Balaban J connectivity index is 2.16. The molecule has 0 saturated carbocycles. The molecule has 23 heavy (non-hydrogen) atoms. The molecule has 0 heterocycles. The summed E-state index contributed by atoms with van der Waals surface area (Å²) in [5.41, 5.74) is 9.21. The van der Waals surface area contributed by atoms with Crippen LogP contribution in [0.25, 0.3) is 0 Å². The molecule has 0 N–H and O–H groups in total. The van der Waals surface area contributed by atoms with Crippen molar-refractivity contribution in [3.8, 4) is 0 Å². The molecular weight excluding hydrogens is 280 g/mol. The first-order valence-corrected chi connectivity index (χ1v) is 8.07. The summed E-state index contributed by atoms with van der Waals surface area (Å²) in [5, 5.41) is 0. The van der Waals surface area contributed by atoms with Gasteiger partial charge in [0.2, 0.25) is 0 Å². The van der Waals surface area contributed by atoms with E-state index in [1.54, 1.807) is 0 Å². The highest BCUT2D eigenvalue weighted by molar-refractivity contribution is 6.04. The minimum Gasteiger partial charge on any atom is -0.258 e. The predicted molar refractivity (Wildman–Crippen MR) is 102 cm³/mol. The van der Waals surface area contributed by atoms with Gasteiger partial charge < -0.3 is 0 Å².